The molecule has 0 unspecified atom stereocenters. The fourth-order valence-electron chi connectivity index (χ4n) is 2.81. The van der Waals surface area contributed by atoms with Gasteiger partial charge in [0.1, 0.15) is 5.75 Å². The highest BCUT2D eigenvalue weighted by Gasteiger charge is 2.31. The molecule has 1 aliphatic rings. The molecule has 5 nitrogen and oxygen atoms in total. The number of ether oxygens (including phenoxy) is 2. The molecule has 1 aromatic carbocycles. The Morgan fingerprint density at radius 3 is 2.46 bits per heavy atom. The number of hydrogen-bond acceptors (Lipinski definition) is 4. The fraction of sp³-hybridized carbons (Fsp3) is 0.632. The number of nitrogens with one attached hydrogen (secondary N) is 2. The van der Waals surface area contributed by atoms with Gasteiger partial charge in [-0.05, 0) is 43.7 Å². The first-order valence-corrected chi connectivity index (χ1v) is 10.5. The number of benzene rings is 1. The number of nitrogens with zero attached hydrogens (tertiary/aromatic N) is 1. The smallest absolute Gasteiger partial charge is 0.422 e. The van der Waals surface area contributed by atoms with Gasteiger partial charge in [0, 0.05) is 31.1 Å². The number of hydrogen-bond donors (Lipinski definition) is 2. The van der Waals surface area contributed by atoms with Crippen molar-refractivity contribution in [3.05, 3.63) is 29.8 Å². The van der Waals surface area contributed by atoms with Gasteiger partial charge in [-0.2, -0.15) is 24.9 Å². The lowest BCUT2D eigenvalue weighted by molar-refractivity contribution is -0.153. The molecule has 0 atom stereocenters. The molecular formula is C19H28F3N3O2S. The first-order valence-electron chi connectivity index (χ1n) is 9.29. The van der Waals surface area contributed by atoms with Crippen molar-refractivity contribution in [2.45, 2.75) is 37.2 Å². The van der Waals surface area contributed by atoms with Crippen LogP contribution in [-0.4, -0.2) is 56.0 Å². The summed E-state index contributed by atoms with van der Waals surface area (Å²) >= 11 is 1.86. The molecule has 1 saturated heterocycles. The van der Waals surface area contributed by atoms with Gasteiger partial charge in [0.05, 0.1) is 6.54 Å². The minimum atomic E-state index is -4.34. The second-order valence-electron chi connectivity index (χ2n) is 6.60. The van der Waals surface area contributed by atoms with E-state index >= 15 is 0 Å². The van der Waals surface area contributed by atoms with Crippen LogP contribution in [0.1, 0.15) is 25.3 Å². The van der Waals surface area contributed by atoms with E-state index in [1.165, 1.54) is 12.1 Å². The summed E-state index contributed by atoms with van der Waals surface area (Å²) in [6.45, 7) is 4.23. The lowest BCUT2D eigenvalue weighted by Gasteiger charge is -2.36. The third-order valence-corrected chi connectivity index (χ3v) is 5.92. The lowest BCUT2D eigenvalue weighted by Crippen LogP contribution is -2.47. The molecule has 1 fully saturated rings. The van der Waals surface area contributed by atoms with Crippen LogP contribution in [0, 0.1) is 0 Å². The minimum Gasteiger partial charge on any atom is -0.484 e. The molecule has 0 aromatic heterocycles. The van der Waals surface area contributed by atoms with Crippen LogP contribution in [0.5, 0.6) is 5.75 Å². The number of guanidine groups is 1. The Labute approximate surface area is 168 Å². The lowest BCUT2D eigenvalue weighted by atomic mass is 9.99. The standard InChI is InChI=1S/C19H28F3N3O2S/c1-3-23-17(25-13-18(28-2)8-10-26-11-9-18)24-12-15-4-6-16(7-5-15)27-14-19(20,21)22/h4-7H,3,8-14H2,1-2H3,(H2,23,24,25). The van der Waals surface area contributed by atoms with E-state index in [1.807, 2.05) is 18.7 Å². The van der Waals surface area contributed by atoms with Gasteiger partial charge in [0.15, 0.2) is 12.6 Å². The Morgan fingerprint density at radius 2 is 1.89 bits per heavy atom. The summed E-state index contributed by atoms with van der Waals surface area (Å²) in [5, 5.41) is 6.64. The number of thioether (sulfide) groups is 1. The van der Waals surface area contributed by atoms with Crippen molar-refractivity contribution in [1.29, 1.82) is 0 Å². The third-order valence-electron chi connectivity index (χ3n) is 4.50. The first kappa shape index (κ1) is 22.7. The molecule has 1 heterocycles. The monoisotopic (exact) mass is 419 g/mol. The molecular weight excluding hydrogens is 391 g/mol. The summed E-state index contributed by atoms with van der Waals surface area (Å²) in [5.74, 6) is 0.913. The summed E-state index contributed by atoms with van der Waals surface area (Å²) in [6, 6.07) is 6.50. The van der Waals surface area contributed by atoms with Crippen molar-refractivity contribution in [2.24, 2.45) is 4.99 Å². The van der Waals surface area contributed by atoms with E-state index in [0.717, 1.165) is 50.7 Å². The largest absolute Gasteiger partial charge is 0.484 e. The molecule has 0 saturated carbocycles. The molecule has 1 aromatic rings. The Kier molecular flexibility index (Phi) is 8.75. The first-order chi connectivity index (χ1) is 13.4. The summed E-state index contributed by atoms with van der Waals surface area (Å²) < 4.78 is 46.9. The highest BCUT2D eigenvalue weighted by Crippen LogP contribution is 2.32. The molecule has 28 heavy (non-hydrogen) atoms. The van der Waals surface area contributed by atoms with E-state index in [-0.39, 0.29) is 10.5 Å². The average molecular weight is 420 g/mol. The third kappa shape index (κ3) is 7.79. The maximum absolute atomic E-state index is 12.2. The van der Waals surface area contributed by atoms with Crippen molar-refractivity contribution >= 4 is 17.7 Å². The second kappa shape index (κ2) is 10.8. The maximum Gasteiger partial charge on any atom is 0.422 e. The van der Waals surface area contributed by atoms with E-state index < -0.39 is 12.8 Å². The number of alkyl halides is 3. The minimum absolute atomic E-state index is 0.145. The van der Waals surface area contributed by atoms with Crippen molar-refractivity contribution in [2.75, 3.05) is 39.2 Å². The molecule has 0 spiro atoms. The highest BCUT2D eigenvalue weighted by molar-refractivity contribution is 8.00. The van der Waals surface area contributed by atoms with Gasteiger partial charge < -0.3 is 20.1 Å². The quantitative estimate of drug-likeness (QED) is 0.498. The molecule has 0 radical (unpaired) electrons. The van der Waals surface area contributed by atoms with Gasteiger partial charge in [0.25, 0.3) is 0 Å². The van der Waals surface area contributed by atoms with Crippen molar-refractivity contribution in [3.8, 4) is 5.75 Å². The van der Waals surface area contributed by atoms with E-state index in [9.17, 15) is 13.2 Å². The summed E-state index contributed by atoms with van der Waals surface area (Å²) in [6.07, 6.45) is -0.215. The van der Waals surface area contributed by atoms with Crippen LogP contribution in [0.25, 0.3) is 0 Å². The molecule has 9 heteroatoms. The van der Waals surface area contributed by atoms with Crippen LogP contribution in [0.2, 0.25) is 0 Å². The predicted octanol–water partition coefficient (Wildman–Crippen LogP) is 3.60. The molecule has 2 N–H and O–H groups in total. The Hall–Kier alpha value is -1.61. The average Bonchev–Trinajstić information content (AvgIpc) is 2.69. The van der Waals surface area contributed by atoms with E-state index in [2.05, 4.69) is 21.9 Å². The van der Waals surface area contributed by atoms with E-state index in [4.69, 9.17) is 9.47 Å². The van der Waals surface area contributed by atoms with Gasteiger partial charge >= 0.3 is 6.18 Å². The molecule has 2 rings (SSSR count). The molecule has 1 aliphatic heterocycles. The topological polar surface area (TPSA) is 54.9 Å². The molecule has 158 valence electrons. The molecule has 0 aliphatic carbocycles. The van der Waals surface area contributed by atoms with Gasteiger partial charge in [0.2, 0.25) is 0 Å². The predicted molar refractivity (Wildman–Crippen MR) is 107 cm³/mol. The number of halogens is 3. The fourth-order valence-corrected chi connectivity index (χ4v) is 3.60. The summed E-state index contributed by atoms with van der Waals surface area (Å²) in [5.41, 5.74) is 0.891. The van der Waals surface area contributed by atoms with Crippen LogP contribution in [0.15, 0.2) is 29.3 Å². The van der Waals surface area contributed by atoms with Gasteiger partial charge in [-0.25, -0.2) is 4.99 Å². The summed E-state index contributed by atoms with van der Waals surface area (Å²) in [7, 11) is 0. The van der Waals surface area contributed by atoms with Gasteiger partial charge in [-0.15, -0.1) is 0 Å². The number of aliphatic imine (C=N–C) groups is 1. The highest BCUT2D eigenvalue weighted by atomic mass is 32.2. The maximum atomic E-state index is 12.2. The van der Waals surface area contributed by atoms with Gasteiger partial charge in [-0.3, -0.25) is 0 Å². The van der Waals surface area contributed by atoms with E-state index in [1.54, 1.807) is 12.1 Å². The zero-order valence-electron chi connectivity index (χ0n) is 16.3. The Balaban J connectivity index is 1.90. The van der Waals surface area contributed by atoms with Crippen LogP contribution < -0.4 is 15.4 Å². The van der Waals surface area contributed by atoms with Crippen LogP contribution >= 0.6 is 11.8 Å². The van der Waals surface area contributed by atoms with Crippen molar-refractivity contribution < 1.29 is 22.6 Å². The number of rotatable bonds is 8. The second-order valence-corrected chi connectivity index (χ2v) is 7.87. The van der Waals surface area contributed by atoms with Crippen molar-refractivity contribution in [3.63, 3.8) is 0 Å². The zero-order valence-corrected chi connectivity index (χ0v) is 17.1. The Morgan fingerprint density at radius 1 is 1.21 bits per heavy atom. The Bertz CT molecular complexity index is 618. The normalized spacial score (nSPS) is 17.2. The van der Waals surface area contributed by atoms with Crippen molar-refractivity contribution in [1.82, 2.24) is 10.6 Å². The van der Waals surface area contributed by atoms with Gasteiger partial charge in [-0.1, -0.05) is 12.1 Å². The molecule has 0 bridgehead atoms. The molecule has 0 amide bonds. The zero-order chi connectivity index (χ0) is 20.5. The summed E-state index contributed by atoms with van der Waals surface area (Å²) in [4.78, 5) is 4.58. The SMILES string of the molecule is CCNC(=NCc1ccc(OCC(F)(F)F)cc1)NCC1(SC)CCOCC1. The van der Waals surface area contributed by atoms with Crippen LogP contribution in [-0.2, 0) is 11.3 Å². The van der Waals surface area contributed by atoms with E-state index in [0.29, 0.717) is 6.54 Å². The van der Waals surface area contributed by atoms with Crippen LogP contribution in [0.3, 0.4) is 0 Å². The van der Waals surface area contributed by atoms with Crippen LogP contribution in [0.4, 0.5) is 13.2 Å².